The fourth-order valence-corrected chi connectivity index (χ4v) is 5.94. The molecule has 1 amide bonds. The molecule has 2 heterocycles. The number of methoxy groups -OCH3 is 1. The number of benzene rings is 2. The summed E-state index contributed by atoms with van der Waals surface area (Å²) in [6, 6.07) is 15.8. The average molecular weight is 541 g/mol. The van der Waals surface area contributed by atoms with E-state index in [2.05, 4.69) is 34.3 Å². The normalized spacial score (nSPS) is 14.2. The molecule has 0 aliphatic heterocycles. The third-order valence-corrected chi connectivity index (χ3v) is 7.80. The van der Waals surface area contributed by atoms with Crippen LogP contribution in [0.5, 0.6) is 0 Å². The van der Waals surface area contributed by atoms with E-state index in [0.29, 0.717) is 21.4 Å². The van der Waals surface area contributed by atoms with E-state index in [1.54, 1.807) is 35.3 Å². The number of halogens is 2. The summed E-state index contributed by atoms with van der Waals surface area (Å²) in [6.45, 7) is 0.236. The van der Waals surface area contributed by atoms with Gasteiger partial charge < -0.3 is 10.1 Å². The van der Waals surface area contributed by atoms with E-state index in [1.165, 1.54) is 12.0 Å². The van der Waals surface area contributed by atoms with Crippen molar-refractivity contribution < 1.29 is 9.53 Å². The Kier molecular flexibility index (Phi) is 7.77. The maximum absolute atomic E-state index is 13.5. The van der Waals surface area contributed by atoms with Crippen LogP contribution >= 0.6 is 34.5 Å². The largest absolute Gasteiger partial charge is 0.380 e. The van der Waals surface area contributed by atoms with Gasteiger partial charge >= 0.3 is 0 Å². The van der Waals surface area contributed by atoms with E-state index in [-0.39, 0.29) is 18.6 Å². The lowest BCUT2D eigenvalue weighted by Gasteiger charge is -2.22. The Morgan fingerprint density at radius 3 is 2.47 bits per heavy atom. The molecule has 1 N–H and O–H groups in total. The van der Waals surface area contributed by atoms with Gasteiger partial charge in [0.25, 0.3) is 5.91 Å². The third kappa shape index (κ3) is 5.23. The fourth-order valence-electron chi connectivity index (χ4n) is 4.79. The van der Waals surface area contributed by atoms with Crippen LogP contribution in [0.15, 0.2) is 59.3 Å². The number of hydrogen-bond donors (Lipinski definition) is 1. The minimum Gasteiger partial charge on any atom is -0.380 e. The number of rotatable bonds is 7. The number of thiophene rings is 1. The van der Waals surface area contributed by atoms with Crippen LogP contribution in [0.25, 0.3) is 28.1 Å². The van der Waals surface area contributed by atoms with Gasteiger partial charge in [-0.15, -0.1) is 0 Å². The van der Waals surface area contributed by atoms with Gasteiger partial charge in [-0.2, -0.15) is 16.4 Å². The van der Waals surface area contributed by atoms with Gasteiger partial charge in [0, 0.05) is 29.3 Å². The highest BCUT2D eigenvalue weighted by molar-refractivity contribution is 7.08. The molecule has 0 atom stereocenters. The van der Waals surface area contributed by atoms with E-state index < -0.39 is 0 Å². The van der Waals surface area contributed by atoms with E-state index >= 15 is 0 Å². The van der Waals surface area contributed by atoms with Crippen molar-refractivity contribution in [3.05, 3.63) is 80.6 Å². The average Bonchev–Trinajstić information content (AvgIpc) is 3.54. The number of hydrogen-bond acceptors (Lipinski definition) is 4. The number of aromatic nitrogens is 2. The molecule has 186 valence electrons. The second-order valence-electron chi connectivity index (χ2n) is 9.01. The van der Waals surface area contributed by atoms with E-state index in [0.717, 1.165) is 48.1 Å². The molecule has 5 rings (SSSR count). The summed E-state index contributed by atoms with van der Waals surface area (Å²) in [7, 11) is 1.62. The minimum atomic E-state index is -0.186. The first-order valence-electron chi connectivity index (χ1n) is 12.1. The summed E-state index contributed by atoms with van der Waals surface area (Å²) >= 11 is 14.5. The molecule has 1 saturated carbocycles. The van der Waals surface area contributed by atoms with Crippen molar-refractivity contribution in [1.29, 1.82) is 0 Å². The monoisotopic (exact) mass is 539 g/mol. The summed E-state index contributed by atoms with van der Waals surface area (Å²) in [4.78, 5) is 13.5. The number of carbonyl (C=O) groups excluding carboxylic acids is 1. The Hall–Kier alpha value is -2.64. The molecule has 36 heavy (non-hydrogen) atoms. The summed E-state index contributed by atoms with van der Waals surface area (Å²) in [5.41, 5.74) is 5.70. The highest BCUT2D eigenvalue weighted by Gasteiger charge is 2.27. The van der Waals surface area contributed by atoms with Crippen molar-refractivity contribution in [2.75, 3.05) is 7.11 Å². The summed E-state index contributed by atoms with van der Waals surface area (Å²) < 4.78 is 7.30. The molecular weight excluding hydrogens is 513 g/mol. The van der Waals surface area contributed by atoms with Crippen LogP contribution in [-0.4, -0.2) is 28.8 Å². The lowest BCUT2D eigenvalue weighted by atomic mass is 9.95. The molecule has 0 saturated heterocycles. The van der Waals surface area contributed by atoms with Gasteiger partial charge in [0.1, 0.15) is 0 Å². The zero-order valence-corrected chi connectivity index (χ0v) is 22.3. The molecule has 2 aromatic carbocycles. The maximum Gasteiger partial charge on any atom is 0.272 e. The van der Waals surface area contributed by atoms with Gasteiger partial charge in [-0.25, -0.2) is 4.68 Å². The van der Waals surface area contributed by atoms with Gasteiger partial charge in [0.15, 0.2) is 5.69 Å². The van der Waals surface area contributed by atoms with Crippen molar-refractivity contribution in [3.8, 4) is 28.1 Å². The van der Waals surface area contributed by atoms with Gasteiger partial charge in [-0.1, -0.05) is 66.7 Å². The first-order valence-corrected chi connectivity index (χ1v) is 13.7. The molecule has 0 unspecified atom stereocenters. The van der Waals surface area contributed by atoms with Crippen molar-refractivity contribution in [3.63, 3.8) is 0 Å². The highest BCUT2D eigenvalue weighted by Crippen LogP contribution is 2.35. The first-order chi connectivity index (χ1) is 17.5. The SMILES string of the molecule is COCc1c(C(=O)NC2CCCCC2)nn(-c2ccc(Cl)cc2Cl)c1-c1ccc(-c2ccsc2)cc1. The number of ether oxygens (including phenoxy) is 1. The molecule has 1 aliphatic carbocycles. The first kappa shape index (κ1) is 25.0. The molecule has 1 aliphatic rings. The molecule has 4 aromatic rings. The topological polar surface area (TPSA) is 56.1 Å². The lowest BCUT2D eigenvalue weighted by Crippen LogP contribution is -2.36. The maximum atomic E-state index is 13.5. The van der Waals surface area contributed by atoms with Gasteiger partial charge in [0.2, 0.25) is 0 Å². The summed E-state index contributed by atoms with van der Waals surface area (Å²) in [5.74, 6) is -0.186. The molecule has 1 fully saturated rings. The van der Waals surface area contributed by atoms with Crippen LogP contribution in [0.2, 0.25) is 10.0 Å². The van der Waals surface area contributed by atoms with Crippen LogP contribution in [0, 0.1) is 0 Å². The Morgan fingerprint density at radius 2 is 1.81 bits per heavy atom. The Morgan fingerprint density at radius 1 is 1.06 bits per heavy atom. The quantitative estimate of drug-likeness (QED) is 0.260. The summed E-state index contributed by atoms with van der Waals surface area (Å²) in [5, 5.41) is 13.2. The van der Waals surface area contributed by atoms with Gasteiger partial charge in [-0.3, -0.25) is 4.79 Å². The molecule has 8 heteroatoms. The number of nitrogens with one attached hydrogen (secondary N) is 1. The van der Waals surface area contributed by atoms with E-state index in [1.807, 2.05) is 18.2 Å². The molecule has 0 radical (unpaired) electrons. The molecule has 2 aromatic heterocycles. The summed E-state index contributed by atoms with van der Waals surface area (Å²) in [6.07, 6.45) is 5.47. The van der Waals surface area contributed by atoms with Crippen LogP contribution < -0.4 is 5.32 Å². The number of amides is 1. The zero-order chi connectivity index (χ0) is 25.1. The van der Waals surface area contributed by atoms with Crippen LogP contribution in [0.1, 0.15) is 48.2 Å². The standard InChI is InChI=1S/C28H27Cl2N3O2S/c1-35-16-23-26(28(34)31-22-5-3-2-4-6-22)32-33(25-12-11-21(29)15-24(25)30)27(23)19-9-7-18(8-10-19)20-13-14-36-17-20/h7-15,17,22H,2-6,16H2,1H3,(H,31,34). The number of nitrogens with zero attached hydrogens (tertiary/aromatic N) is 2. The van der Waals surface area contributed by atoms with Crippen LogP contribution in [-0.2, 0) is 11.3 Å². The zero-order valence-electron chi connectivity index (χ0n) is 20.0. The van der Waals surface area contributed by atoms with E-state index in [9.17, 15) is 4.79 Å². The smallest absolute Gasteiger partial charge is 0.272 e. The van der Waals surface area contributed by atoms with Crippen LogP contribution in [0.3, 0.4) is 0 Å². The molecular formula is C28H27Cl2N3O2S. The predicted molar refractivity (Wildman–Crippen MR) is 147 cm³/mol. The Balaban J connectivity index is 1.63. The van der Waals surface area contributed by atoms with Gasteiger partial charge in [0.05, 0.1) is 23.0 Å². The fraction of sp³-hybridized carbons (Fsp3) is 0.286. The highest BCUT2D eigenvalue weighted by atomic mass is 35.5. The van der Waals surface area contributed by atoms with Gasteiger partial charge in [-0.05, 0) is 59.0 Å². The van der Waals surface area contributed by atoms with E-state index in [4.69, 9.17) is 33.0 Å². The number of carbonyl (C=O) groups is 1. The molecule has 0 spiro atoms. The Labute approximate surface area is 225 Å². The van der Waals surface area contributed by atoms with Crippen molar-refractivity contribution >= 4 is 40.4 Å². The third-order valence-electron chi connectivity index (χ3n) is 6.58. The minimum absolute atomic E-state index is 0.166. The molecule has 0 bridgehead atoms. The van der Waals surface area contributed by atoms with Crippen molar-refractivity contribution in [1.82, 2.24) is 15.1 Å². The Bertz CT molecular complexity index is 1340. The van der Waals surface area contributed by atoms with Crippen molar-refractivity contribution in [2.24, 2.45) is 0 Å². The lowest BCUT2D eigenvalue weighted by molar-refractivity contribution is 0.0917. The molecule has 5 nitrogen and oxygen atoms in total. The second-order valence-corrected chi connectivity index (χ2v) is 10.6. The predicted octanol–water partition coefficient (Wildman–Crippen LogP) is 7.78. The van der Waals surface area contributed by atoms with Crippen molar-refractivity contribution in [2.45, 2.75) is 44.8 Å². The second kappa shape index (κ2) is 11.2. The van der Waals surface area contributed by atoms with Crippen LogP contribution in [0.4, 0.5) is 0 Å².